The number of aryl methyl sites for hydroxylation is 1. The summed E-state index contributed by atoms with van der Waals surface area (Å²) in [5, 5.41) is 16.8. The van der Waals surface area contributed by atoms with Crippen LogP contribution in [-0.4, -0.2) is 46.1 Å². The van der Waals surface area contributed by atoms with Gasteiger partial charge in [0.15, 0.2) is 10.4 Å². The van der Waals surface area contributed by atoms with E-state index < -0.39 is 23.7 Å². The van der Waals surface area contributed by atoms with Crippen molar-refractivity contribution in [2.75, 3.05) is 19.0 Å². The largest absolute Gasteiger partial charge is 0.468 e. The van der Waals surface area contributed by atoms with Gasteiger partial charge in [-0.15, -0.1) is 11.3 Å². The van der Waals surface area contributed by atoms with Gasteiger partial charge in [0.1, 0.15) is 17.0 Å². The fourth-order valence-electron chi connectivity index (χ4n) is 3.51. The number of rotatable bonds is 4. The minimum atomic E-state index is -0.874. The molecule has 1 unspecified atom stereocenters. The molecule has 0 fully saturated rings. The molecule has 164 valence electrons. The van der Waals surface area contributed by atoms with Gasteiger partial charge in [0, 0.05) is 30.2 Å². The molecule has 0 bridgehead atoms. The molecule has 1 aliphatic rings. The van der Waals surface area contributed by atoms with Crippen LogP contribution in [0.15, 0.2) is 33.6 Å². The highest BCUT2D eigenvalue weighted by Gasteiger charge is 2.39. The van der Waals surface area contributed by atoms with Crippen molar-refractivity contribution in [3.8, 4) is 6.07 Å². The van der Waals surface area contributed by atoms with Crippen LogP contribution in [0.3, 0.4) is 0 Å². The summed E-state index contributed by atoms with van der Waals surface area (Å²) in [4.78, 5) is 40.2. The van der Waals surface area contributed by atoms with Crippen molar-refractivity contribution in [2.24, 2.45) is 7.05 Å². The number of furan rings is 1. The molecule has 0 aromatic carbocycles. The Morgan fingerprint density at radius 3 is 2.78 bits per heavy atom. The molecule has 32 heavy (non-hydrogen) atoms. The first-order valence-corrected chi connectivity index (χ1v) is 10.9. The number of methoxy groups -OCH3 is 1. The standard InChI is InChI=1S/C20H16BrN5O5S/c1-25-7-10(6-23-25)17(27)24-18-11(5-22)16-12(20(29)30-2)8-26(9-14(16)32-18)19(28)13-3-4-15(21)31-13/h3-4,6-7,12H,8-9H2,1-2H3,(H,24,27). The molecule has 0 radical (unpaired) electrons. The van der Waals surface area contributed by atoms with Crippen LogP contribution in [0.5, 0.6) is 0 Å². The van der Waals surface area contributed by atoms with Gasteiger partial charge in [0.25, 0.3) is 11.8 Å². The van der Waals surface area contributed by atoms with E-state index in [1.165, 1.54) is 29.0 Å². The maximum absolute atomic E-state index is 12.9. The number of thiophene rings is 1. The predicted octanol–water partition coefficient (Wildman–Crippen LogP) is 2.87. The van der Waals surface area contributed by atoms with E-state index in [1.807, 2.05) is 0 Å². The molecule has 4 rings (SSSR count). The van der Waals surface area contributed by atoms with Crippen molar-refractivity contribution < 1.29 is 23.5 Å². The number of carbonyl (C=O) groups is 3. The molecule has 10 nitrogen and oxygen atoms in total. The summed E-state index contributed by atoms with van der Waals surface area (Å²) in [7, 11) is 2.93. The van der Waals surface area contributed by atoms with Crippen molar-refractivity contribution in [1.29, 1.82) is 5.26 Å². The van der Waals surface area contributed by atoms with E-state index >= 15 is 0 Å². The first-order valence-electron chi connectivity index (χ1n) is 9.30. The summed E-state index contributed by atoms with van der Waals surface area (Å²) < 4.78 is 12.2. The third-order valence-corrected chi connectivity index (χ3v) is 6.50. The van der Waals surface area contributed by atoms with E-state index in [9.17, 15) is 19.6 Å². The summed E-state index contributed by atoms with van der Waals surface area (Å²) in [5.74, 6) is -2.17. The molecule has 1 atom stereocenters. The maximum Gasteiger partial charge on any atom is 0.315 e. The quantitative estimate of drug-likeness (QED) is 0.526. The van der Waals surface area contributed by atoms with Crippen LogP contribution in [0.2, 0.25) is 0 Å². The third-order valence-electron chi connectivity index (χ3n) is 4.97. The zero-order valence-corrected chi connectivity index (χ0v) is 19.3. The lowest BCUT2D eigenvalue weighted by atomic mass is 9.91. The predicted molar refractivity (Wildman–Crippen MR) is 116 cm³/mol. The third kappa shape index (κ3) is 3.92. The molecule has 12 heteroatoms. The number of amides is 2. The van der Waals surface area contributed by atoms with Gasteiger partial charge < -0.3 is 19.4 Å². The van der Waals surface area contributed by atoms with Crippen LogP contribution in [0, 0.1) is 11.3 Å². The van der Waals surface area contributed by atoms with Crippen LogP contribution in [-0.2, 0) is 23.1 Å². The lowest BCUT2D eigenvalue weighted by Crippen LogP contribution is -2.40. The summed E-state index contributed by atoms with van der Waals surface area (Å²) in [6, 6.07) is 5.23. The van der Waals surface area contributed by atoms with Crippen molar-refractivity contribution in [1.82, 2.24) is 14.7 Å². The number of aromatic nitrogens is 2. The second kappa shape index (κ2) is 8.60. The molecule has 0 saturated heterocycles. The number of carbonyl (C=O) groups excluding carboxylic acids is 3. The van der Waals surface area contributed by atoms with E-state index in [0.29, 0.717) is 25.7 Å². The van der Waals surface area contributed by atoms with E-state index in [4.69, 9.17) is 9.15 Å². The number of halogens is 1. The molecule has 0 saturated carbocycles. The zero-order valence-electron chi connectivity index (χ0n) is 16.9. The summed E-state index contributed by atoms with van der Waals surface area (Å²) >= 11 is 4.32. The molecule has 0 aliphatic carbocycles. The van der Waals surface area contributed by atoms with Gasteiger partial charge in [0.2, 0.25) is 0 Å². The molecular weight excluding hydrogens is 502 g/mol. The summed E-state index contributed by atoms with van der Waals surface area (Å²) in [5.41, 5.74) is 0.980. The zero-order chi connectivity index (χ0) is 23.0. The molecule has 1 aliphatic heterocycles. The number of esters is 1. The first kappa shape index (κ1) is 21.8. The highest BCUT2D eigenvalue weighted by molar-refractivity contribution is 9.10. The van der Waals surface area contributed by atoms with Gasteiger partial charge in [-0.1, -0.05) is 0 Å². The number of ether oxygens (including phenoxy) is 1. The average Bonchev–Trinajstić information content (AvgIpc) is 3.49. The molecule has 3 aromatic heterocycles. The van der Waals surface area contributed by atoms with Crippen molar-refractivity contribution in [3.05, 3.63) is 56.5 Å². The second-order valence-electron chi connectivity index (χ2n) is 6.98. The fraction of sp³-hybridized carbons (Fsp3) is 0.250. The highest BCUT2D eigenvalue weighted by atomic mass is 79.9. The number of hydrogen-bond acceptors (Lipinski definition) is 8. The van der Waals surface area contributed by atoms with Crippen LogP contribution in [0.1, 0.15) is 42.8 Å². The van der Waals surface area contributed by atoms with Gasteiger partial charge >= 0.3 is 5.97 Å². The number of nitrogens with zero attached hydrogens (tertiary/aromatic N) is 4. The smallest absolute Gasteiger partial charge is 0.315 e. The van der Waals surface area contributed by atoms with Crippen LogP contribution >= 0.6 is 27.3 Å². The SMILES string of the molecule is COC(=O)C1CN(C(=O)c2ccc(Br)o2)Cc2sc(NC(=O)c3cnn(C)c3)c(C#N)c21. The van der Waals surface area contributed by atoms with Gasteiger partial charge in [-0.2, -0.15) is 10.4 Å². The highest BCUT2D eigenvalue weighted by Crippen LogP contribution is 2.42. The fourth-order valence-corrected chi connectivity index (χ4v) is 5.04. The Morgan fingerprint density at radius 2 is 2.19 bits per heavy atom. The molecule has 0 spiro atoms. The number of fused-ring (bicyclic) bond motifs is 1. The normalized spacial score (nSPS) is 15.1. The number of anilines is 1. The molecule has 1 N–H and O–H groups in total. The van der Waals surface area contributed by atoms with Crippen LogP contribution in [0.25, 0.3) is 0 Å². The number of nitrogens with one attached hydrogen (secondary N) is 1. The lowest BCUT2D eigenvalue weighted by molar-refractivity contribution is -0.143. The average molecular weight is 518 g/mol. The molecular formula is C20H16BrN5O5S. The Hall–Kier alpha value is -3.43. The van der Waals surface area contributed by atoms with Gasteiger partial charge in [-0.3, -0.25) is 19.1 Å². The van der Waals surface area contributed by atoms with Crippen molar-refractivity contribution >= 4 is 50.1 Å². The first-order chi connectivity index (χ1) is 15.3. The Kier molecular flexibility index (Phi) is 5.86. The maximum atomic E-state index is 12.9. The van der Waals surface area contributed by atoms with E-state index in [1.54, 1.807) is 19.3 Å². The number of nitriles is 1. The van der Waals surface area contributed by atoms with Gasteiger partial charge in [-0.05, 0) is 28.1 Å². The Bertz CT molecular complexity index is 1270. The lowest BCUT2D eigenvalue weighted by Gasteiger charge is -2.31. The van der Waals surface area contributed by atoms with E-state index in [-0.39, 0.29) is 24.4 Å². The Balaban J connectivity index is 1.70. The molecule has 3 aromatic rings. The van der Waals surface area contributed by atoms with E-state index in [0.717, 1.165) is 11.3 Å². The van der Waals surface area contributed by atoms with Crippen LogP contribution in [0.4, 0.5) is 5.00 Å². The number of hydrogen-bond donors (Lipinski definition) is 1. The van der Waals surface area contributed by atoms with E-state index in [2.05, 4.69) is 32.4 Å². The van der Waals surface area contributed by atoms with Crippen molar-refractivity contribution in [2.45, 2.75) is 12.5 Å². The molecule has 2 amide bonds. The van der Waals surface area contributed by atoms with Crippen molar-refractivity contribution in [3.63, 3.8) is 0 Å². The van der Waals surface area contributed by atoms with Gasteiger partial charge in [-0.25, -0.2) is 0 Å². The minimum absolute atomic E-state index is 0.0121. The molecule has 4 heterocycles. The summed E-state index contributed by atoms with van der Waals surface area (Å²) in [6.45, 7) is 0.167. The van der Waals surface area contributed by atoms with Gasteiger partial charge in [0.05, 0.1) is 31.0 Å². The minimum Gasteiger partial charge on any atom is -0.468 e. The Morgan fingerprint density at radius 1 is 1.41 bits per heavy atom. The van der Waals surface area contributed by atoms with Crippen LogP contribution < -0.4 is 5.32 Å². The Labute approximate surface area is 194 Å². The second-order valence-corrected chi connectivity index (χ2v) is 8.86. The monoisotopic (exact) mass is 517 g/mol. The summed E-state index contributed by atoms with van der Waals surface area (Å²) in [6.07, 6.45) is 2.96. The topological polar surface area (TPSA) is 130 Å².